The first kappa shape index (κ1) is 13.1. The summed E-state index contributed by atoms with van der Waals surface area (Å²) in [7, 11) is 1.60. The molecule has 0 aliphatic rings. The highest BCUT2D eigenvalue weighted by atomic mass is 16.5. The number of nitrogens with zero attached hydrogens (tertiary/aromatic N) is 3. The maximum Gasteiger partial charge on any atom is 0.374 e. The Labute approximate surface area is 120 Å². The summed E-state index contributed by atoms with van der Waals surface area (Å²) in [6.45, 7) is 1.90. The first-order valence-electron chi connectivity index (χ1n) is 6.33. The van der Waals surface area contributed by atoms with E-state index in [1.807, 2.05) is 37.3 Å². The van der Waals surface area contributed by atoms with Crippen LogP contribution in [0.25, 0.3) is 16.8 Å². The molecule has 3 rings (SSSR count). The van der Waals surface area contributed by atoms with Gasteiger partial charge in [-0.1, -0.05) is 12.1 Å². The number of fused-ring (bicyclic) bond motifs is 1. The largest absolute Gasteiger partial charge is 0.497 e. The van der Waals surface area contributed by atoms with Gasteiger partial charge in [-0.15, -0.1) is 0 Å². The molecule has 2 heterocycles. The number of hydrogen-bond acceptors (Lipinski definition) is 4. The van der Waals surface area contributed by atoms with Gasteiger partial charge in [-0.2, -0.15) is 5.10 Å². The number of ether oxygens (including phenoxy) is 1. The normalized spacial score (nSPS) is 10.8. The van der Waals surface area contributed by atoms with Gasteiger partial charge < -0.3 is 9.84 Å². The SMILES string of the molecule is COc1cccc(-c2cc(C)c3cnc(C(=O)O)n3n2)c1. The lowest BCUT2D eigenvalue weighted by Crippen LogP contribution is -2.07. The predicted octanol–water partition coefficient (Wildman–Crippen LogP) is 2.41. The van der Waals surface area contributed by atoms with Crippen molar-refractivity contribution in [1.82, 2.24) is 14.6 Å². The molecule has 6 heteroatoms. The van der Waals surface area contributed by atoms with E-state index in [1.165, 1.54) is 10.7 Å². The maximum absolute atomic E-state index is 11.2. The van der Waals surface area contributed by atoms with E-state index in [1.54, 1.807) is 7.11 Å². The fraction of sp³-hybridized carbons (Fsp3) is 0.133. The van der Waals surface area contributed by atoms with Crippen LogP contribution in [0.1, 0.15) is 16.2 Å². The van der Waals surface area contributed by atoms with Crippen molar-refractivity contribution in [2.75, 3.05) is 7.11 Å². The Balaban J connectivity index is 2.23. The summed E-state index contributed by atoms with van der Waals surface area (Å²) in [5.41, 5.74) is 3.10. The second-order valence-corrected chi connectivity index (χ2v) is 4.63. The van der Waals surface area contributed by atoms with E-state index < -0.39 is 5.97 Å². The third-order valence-corrected chi connectivity index (χ3v) is 3.26. The Morgan fingerprint density at radius 3 is 2.86 bits per heavy atom. The van der Waals surface area contributed by atoms with Gasteiger partial charge in [0.25, 0.3) is 0 Å². The van der Waals surface area contributed by atoms with E-state index in [2.05, 4.69) is 10.1 Å². The average Bonchev–Trinajstić information content (AvgIpc) is 2.92. The van der Waals surface area contributed by atoms with Gasteiger partial charge in [0.15, 0.2) is 0 Å². The van der Waals surface area contributed by atoms with E-state index >= 15 is 0 Å². The molecule has 2 aromatic heterocycles. The number of imidazole rings is 1. The molecule has 106 valence electrons. The van der Waals surface area contributed by atoms with Gasteiger partial charge >= 0.3 is 5.97 Å². The topological polar surface area (TPSA) is 76.7 Å². The quantitative estimate of drug-likeness (QED) is 0.798. The molecule has 0 unspecified atom stereocenters. The van der Waals surface area contributed by atoms with E-state index in [-0.39, 0.29) is 5.82 Å². The summed E-state index contributed by atoms with van der Waals surface area (Å²) in [6.07, 6.45) is 1.52. The van der Waals surface area contributed by atoms with Crippen molar-refractivity contribution in [3.8, 4) is 17.0 Å². The molecule has 1 N–H and O–H groups in total. The Morgan fingerprint density at radius 1 is 1.33 bits per heavy atom. The predicted molar refractivity (Wildman–Crippen MR) is 76.7 cm³/mol. The number of aryl methyl sites for hydroxylation is 1. The van der Waals surface area contributed by atoms with Crippen LogP contribution in [0, 0.1) is 6.92 Å². The second-order valence-electron chi connectivity index (χ2n) is 4.63. The smallest absolute Gasteiger partial charge is 0.374 e. The Hall–Kier alpha value is -2.89. The molecular formula is C15H13N3O3. The number of aromatic carboxylic acids is 1. The number of aromatic nitrogens is 3. The lowest BCUT2D eigenvalue weighted by Gasteiger charge is -2.07. The minimum Gasteiger partial charge on any atom is -0.497 e. The van der Waals surface area contributed by atoms with Gasteiger partial charge in [0.1, 0.15) is 5.75 Å². The Morgan fingerprint density at radius 2 is 2.14 bits per heavy atom. The fourth-order valence-corrected chi connectivity index (χ4v) is 2.20. The van der Waals surface area contributed by atoms with Gasteiger partial charge in [-0.25, -0.2) is 14.3 Å². The van der Waals surface area contributed by atoms with Gasteiger partial charge in [0, 0.05) is 5.56 Å². The first-order valence-corrected chi connectivity index (χ1v) is 6.33. The summed E-state index contributed by atoms with van der Waals surface area (Å²) in [4.78, 5) is 15.1. The summed E-state index contributed by atoms with van der Waals surface area (Å²) in [5.74, 6) is -0.487. The zero-order valence-corrected chi connectivity index (χ0v) is 11.6. The van der Waals surface area contributed by atoms with Crippen molar-refractivity contribution in [2.45, 2.75) is 6.92 Å². The van der Waals surface area contributed by atoms with E-state index in [4.69, 9.17) is 9.84 Å². The van der Waals surface area contributed by atoms with Gasteiger partial charge in [0.2, 0.25) is 5.82 Å². The van der Waals surface area contributed by atoms with E-state index in [0.29, 0.717) is 11.2 Å². The Bertz CT molecular complexity index is 839. The highest BCUT2D eigenvalue weighted by Gasteiger charge is 2.15. The maximum atomic E-state index is 11.2. The van der Waals surface area contributed by atoms with Crippen LogP contribution in [0.15, 0.2) is 36.5 Å². The van der Waals surface area contributed by atoms with Gasteiger partial charge in [-0.3, -0.25) is 0 Å². The fourth-order valence-electron chi connectivity index (χ4n) is 2.20. The molecule has 21 heavy (non-hydrogen) atoms. The Kier molecular flexibility index (Phi) is 3.06. The van der Waals surface area contributed by atoms with Crippen LogP contribution in [0.3, 0.4) is 0 Å². The molecule has 0 amide bonds. The molecule has 3 aromatic rings. The van der Waals surface area contributed by atoms with E-state index in [0.717, 1.165) is 16.9 Å². The number of carboxylic acids is 1. The molecule has 0 aliphatic heterocycles. The molecule has 0 saturated heterocycles. The number of rotatable bonds is 3. The molecule has 1 aromatic carbocycles. The first-order chi connectivity index (χ1) is 10.1. The number of hydrogen-bond donors (Lipinski definition) is 1. The number of methoxy groups -OCH3 is 1. The third-order valence-electron chi connectivity index (χ3n) is 3.26. The van der Waals surface area contributed by atoms with Crippen LogP contribution < -0.4 is 4.74 Å². The molecule has 0 atom stereocenters. The summed E-state index contributed by atoms with van der Waals surface area (Å²) < 4.78 is 6.55. The van der Waals surface area contributed by atoms with Crippen LogP contribution in [0.5, 0.6) is 5.75 Å². The minimum absolute atomic E-state index is 0.0992. The van der Waals surface area contributed by atoms with Crippen molar-refractivity contribution >= 4 is 11.5 Å². The van der Waals surface area contributed by atoms with E-state index in [9.17, 15) is 4.79 Å². The molecule has 0 fully saturated rings. The molecule has 0 spiro atoms. The number of carbonyl (C=O) groups is 1. The summed E-state index contributed by atoms with van der Waals surface area (Å²) in [6, 6.07) is 9.35. The molecule has 0 radical (unpaired) electrons. The lowest BCUT2D eigenvalue weighted by atomic mass is 10.1. The average molecular weight is 283 g/mol. The van der Waals surface area contributed by atoms with Crippen molar-refractivity contribution in [1.29, 1.82) is 0 Å². The van der Waals surface area contributed by atoms with Crippen LogP contribution >= 0.6 is 0 Å². The molecule has 0 saturated carbocycles. The molecule has 0 aliphatic carbocycles. The monoisotopic (exact) mass is 283 g/mol. The van der Waals surface area contributed by atoms with Crippen LogP contribution in [0.4, 0.5) is 0 Å². The molecular weight excluding hydrogens is 270 g/mol. The summed E-state index contributed by atoms with van der Waals surface area (Å²) >= 11 is 0. The van der Waals surface area contributed by atoms with Crippen molar-refractivity contribution in [2.24, 2.45) is 0 Å². The zero-order valence-electron chi connectivity index (χ0n) is 11.6. The van der Waals surface area contributed by atoms with Crippen molar-refractivity contribution in [3.05, 3.63) is 47.9 Å². The zero-order chi connectivity index (χ0) is 15.0. The lowest BCUT2D eigenvalue weighted by molar-refractivity contribution is 0.0681. The highest BCUT2D eigenvalue weighted by molar-refractivity contribution is 5.85. The van der Waals surface area contributed by atoms with Crippen LogP contribution in [-0.4, -0.2) is 32.8 Å². The second kappa shape index (κ2) is 4.90. The number of carboxylic acid groups (broad SMARTS) is 1. The van der Waals surface area contributed by atoms with Gasteiger partial charge in [0.05, 0.1) is 24.5 Å². The van der Waals surface area contributed by atoms with Crippen molar-refractivity contribution < 1.29 is 14.6 Å². The molecule has 0 bridgehead atoms. The third kappa shape index (κ3) is 2.20. The standard InChI is InChI=1S/C15H13N3O3/c1-9-6-12(10-4-3-5-11(7-10)21-2)17-18-13(9)8-16-14(18)15(19)20/h3-8H,1-2H3,(H,19,20). The summed E-state index contributed by atoms with van der Waals surface area (Å²) in [5, 5.41) is 13.5. The van der Waals surface area contributed by atoms with Gasteiger partial charge in [-0.05, 0) is 30.7 Å². The highest BCUT2D eigenvalue weighted by Crippen LogP contribution is 2.24. The van der Waals surface area contributed by atoms with Crippen LogP contribution in [-0.2, 0) is 0 Å². The van der Waals surface area contributed by atoms with Crippen LogP contribution in [0.2, 0.25) is 0 Å². The minimum atomic E-state index is -1.11. The molecule has 6 nitrogen and oxygen atoms in total. The number of benzene rings is 1. The van der Waals surface area contributed by atoms with Crippen molar-refractivity contribution in [3.63, 3.8) is 0 Å².